The van der Waals surface area contributed by atoms with Crippen LogP contribution in [0.25, 0.3) is 0 Å². The SMILES string of the molecule is Cc1cc(CS(=O)(=O)NC2(C#N)CCC(C)CC2)no1. The van der Waals surface area contributed by atoms with Crippen LogP contribution in [0.2, 0.25) is 0 Å². The Kier molecular flexibility index (Phi) is 4.16. The largest absolute Gasteiger partial charge is 0.361 e. The van der Waals surface area contributed by atoms with E-state index in [-0.39, 0.29) is 5.75 Å². The molecule has 0 aliphatic heterocycles. The number of aryl methyl sites for hydroxylation is 1. The van der Waals surface area contributed by atoms with Gasteiger partial charge in [-0.1, -0.05) is 12.1 Å². The molecule has 1 saturated carbocycles. The van der Waals surface area contributed by atoms with Crippen LogP contribution in [0.3, 0.4) is 0 Å². The van der Waals surface area contributed by atoms with Gasteiger partial charge in [0.05, 0.1) is 6.07 Å². The molecule has 0 aromatic carbocycles. The molecular formula is C13H19N3O3S. The molecule has 1 N–H and O–H groups in total. The van der Waals surface area contributed by atoms with E-state index in [0.29, 0.717) is 30.2 Å². The van der Waals surface area contributed by atoms with Gasteiger partial charge in [-0.05, 0) is 38.5 Å². The highest BCUT2D eigenvalue weighted by molar-refractivity contribution is 7.88. The number of nitrogens with zero attached hydrogens (tertiary/aromatic N) is 2. The molecule has 7 heteroatoms. The van der Waals surface area contributed by atoms with E-state index in [1.807, 2.05) is 0 Å². The lowest BCUT2D eigenvalue weighted by molar-refractivity contribution is 0.277. The Hall–Kier alpha value is -1.39. The summed E-state index contributed by atoms with van der Waals surface area (Å²) in [5.41, 5.74) is -0.614. The van der Waals surface area contributed by atoms with Gasteiger partial charge in [0.25, 0.3) is 0 Å². The van der Waals surface area contributed by atoms with E-state index in [2.05, 4.69) is 22.9 Å². The van der Waals surface area contributed by atoms with Crippen molar-refractivity contribution in [3.05, 3.63) is 17.5 Å². The van der Waals surface area contributed by atoms with Gasteiger partial charge in [0, 0.05) is 6.07 Å². The van der Waals surface area contributed by atoms with Gasteiger partial charge in [0.2, 0.25) is 10.0 Å². The van der Waals surface area contributed by atoms with Crippen LogP contribution < -0.4 is 4.72 Å². The van der Waals surface area contributed by atoms with Crippen molar-refractivity contribution in [2.24, 2.45) is 5.92 Å². The molecule has 1 aromatic heterocycles. The van der Waals surface area contributed by atoms with Gasteiger partial charge >= 0.3 is 0 Å². The normalized spacial score (nSPS) is 27.1. The zero-order chi connectivity index (χ0) is 14.8. The summed E-state index contributed by atoms with van der Waals surface area (Å²) in [5, 5.41) is 13.0. The average Bonchev–Trinajstić information content (AvgIpc) is 2.77. The molecule has 110 valence electrons. The summed E-state index contributed by atoms with van der Waals surface area (Å²) in [7, 11) is -3.60. The first kappa shape index (κ1) is 15.0. The average molecular weight is 297 g/mol. The van der Waals surface area contributed by atoms with E-state index in [0.717, 1.165) is 12.8 Å². The minimum atomic E-state index is -3.60. The zero-order valence-electron chi connectivity index (χ0n) is 11.7. The van der Waals surface area contributed by atoms with E-state index in [4.69, 9.17) is 4.52 Å². The minimum Gasteiger partial charge on any atom is -0.361 e. The van der Waals surface area contributed by atoms with Crippen molar-refractivity contribution in [1.29, 1.82) is 5.26 Å². The summed E-state index contributed by atoms with van der Waals surface area (Å²) >= 11 is 0. The summed E-state index contributed by atoms with van der Waals surface area (Å²) in [6.07, 6.45) is 2.84. The van der Waals surface area contributed by atoms with Crippen molar-refractivity contribution in [2.75, 3.05) is 0 Å². The Labute approximate surface area is 119 Å². The smallest absolute Gasteiger partial charge is 0.218 e. The molecule has 0 unspecified atom stereocenters. The lowest BCUT2D eigenvalue weighted by Gasteiger charge is -2.33. The van der Waals surface area contributed by atoms with E-state index in [1.54, 1.807) is 13.0 Å². The highest BCUT2D eigenvalue weighted by atomic mass is 32.2. The lowest BCUT2D eigenvalue weighted by atomic mass is 9.79. The number of nitriles is 1. The number of aromatic nitrogens is 1. The fourth-order valence-corrected chi connectivity index (χ4v) is 3.95. The molecule has 1 fully saturated rings. The van der Waals surface area contributed by atoms with Gasteiger partial charge in [-0.25, -0.2) is 8.42 Å². The monoisotopic (exact) mass is 297 g/mol. The van der Waals surface area contributed by atoms with Crippen molar-refractivity contribution in [3.63, 3.8) is 0 Å². The molecule has 1 aromatic rings. The highest BCUT2D eigenvalue weighted by Gasteiger charge is 2.38. The molecule has 0 amide bonds. The second kappa shape index (κ2) is 5.54. The fraction of sp³-hybridized carbons (Fsp3) is 0.692. The third-order valence-corrected chi connectivity index (χ3v) is 5.08. The van der Waals surface area contributed by atoms with Crippen LogP contribution in [0.1, 0.15) is 44.1 Å². The molecule has 1 aliphatic rings. The zero-order valence-corrected chi connectivity index (χ0v) is 12.5. The van der Waals surface area contributed by atoms with Crippen LogP contribution >= 0.6 is 0 Å². The number of nitrogens with one attached hydrogen (secondary N) is 1. The topological polar surface area (TPSA) is 96.0 Å². The summed E-state index contributed by atoms with van der Waals surface area (Å²) in [5.74, 6) is 0.847. The second-order valence-corrected chi connectivity index (χ2v) is 7.39. The molecule has 2 rings (SSSR count). The Balaban J connectivity index is 2.08. The third-order valence-electron chi connectivity index (χ3n) is 3.71. The standard InChI is InChI=1S/C13H19N3O3S/c1-10-3-5-13(9-14,6-4-10)16-20(17,18)8-12-7-11(2)19-15-12/h7,10,16H,3-6,8H2,1-2H3. The van der Waals surface area contributed by atoms with Crippen molar-refractivity contribution < 1.29 is 12.9 Å². The first-order valence-electron chi connectivity index (χ1n) is 6.69. The molecule has 1 heterocycles. The molecule has 1 aliphatic carbocycles. The second-order valence-electron chi connectivity index (χ2n) is 5.67. The van der Waals surface area contributed by atoms with Crippen molar-refractivity contribution >= 4 is 10.0 Å². The summed E-state index contributed by atoms with van der Waals surface area (Å²) in [6, 6.07) is 3.74. The number of hydrogen-bond donors (Lipinski definition) is 1. The molecular weight excluding hydrogens is 278 g/mol. The molecule has 0 atom stereocenters. The maximum Gasteiger partial charge on any atom is 0.218 e. The summed E-state index contributed by atoms with van der Waals surface area (Å²) in [6.45, 7) is 3.82. The molecule has 0 saturated heterocycles. The Morgan fingerprint density at radius 1 is 1.55 bits per heavy atom. The minimum absolute atomic E-state index is 0.261. The molecule has 0 spiro atoms. The molecule has 0 bridgehead atoms. The van der Waals surface area contributed by atoms with E-state index in [9.17, 15) is 13.7 Å². The summed E-state index contributed by atoms with van der Waals surface area (Å²) in [4.78, 5) is 0. The van der Waals surface area contributed by atoms with Gasteiger partial charge in [-0.3, -0.25) is 0 Å². The highest BCUT2D eigenvalue weighted by Crippen LogP contribution is 2.32. The summed E-state index contributed by atoms with van der Waals surface area (Å²) < 4.78 is 31.8. The van der Waals surface area contributed by atoms with Gasteiger partial charge in [-0.15, -0.1) is 0 Å². The molecule has 6 nitrogen and oxygen atoms in total. The fourth-order valence-electron chi connectivity index (χ4n) is 2.51. The quantitative estimate of drug-likeness (QED) is 0.915. The van der Waals surface area contributed by atoms with E-state index < -0.39 is 15.6 Å². The lowest BCUT2D eigenvalue weighted by Crippen LogP contribution is -2.49. The molecule has 20 heavy (non-hydrogen) atoms. The predicted octanol–water partition coefficient (Wildman–Crippen LogP) is 1.87. The van der Waals surface area contributed by atoms with Gasteiger partial charge in [0.1, 0.15) is 22.7 Å². The van der Waals surface area contributed by atoms with Gasteiger partial charge < -0.3 is 4.52 Å². The third kappa shape index (κ3) is 3.58. The maximum absolute atomic E-state index is 12.2. The van der Waals surface area contributed by atoms with Crippen molar-refractivity contribution in [1.82, 2.24) is 9.88 Å². The van der Waals surface area contributed by atoms with Crippen LogP contribution in [0.5, 0.6) is 0 Å². The van der Waals surface area contributed by atoms with Crippen LogP contribution in [-0.4, -0.2) is 19.1 Å². The van der Waals surface area contributed by atoms with E-state index in [1.165, 1.54) is 0 Å². The van der Waals surface area contributed by atoms with Crippen LogP contribution in [0, 0.1) is 24.2 Å². The van der Waals surface area contributed by atoms with Crippen molar-refractivity contribution in [3.8, 4) is 6.07 Å². The number of sulfonamides is 1. The maximum atomic E-state index is 12.2. The number of rotatable bonds is 4. The van der Waals surface area contributed by atoms with E-state index >= 15 is 0 Å². The number of hydrogen-bond acceptors (Lipinski definition) is 5. The van der Waals surface area contributed by atoms with Crippen LogP contribution in [-0.2, 0) is 15.8 Å². The van der Waals surface area contributed by atoms with Crippen molar-refractivity contribution in [2.45, 2.75) is 50.8 Å². The van der Waals surface area contributed by atoms with Crippen LogP contribution in [0.4, 0.5) is 0 Å². The predicted molar refractivity (Wildman–Crippen MR) is 73.0 cm³/mol. The Bertz CT molecular complexity index is 607. The Morgan fingerprint density at radius 2 is 2.20 bits per heavy atom. The molecule has 0 radical (unpaired) electrons. The first-order chi connectivity index (χ1) is 9.34. The van der Waals surface area contributed by atoms with Gasteiger partial charge in [0.15, 0.2) is 0 Å². The Morgan fingerprint density at radius 3 is 2.70 bits per heavy atom. The first-order valence-corrected chi connectivity index (χ1v) is 8.34. The van der Waals surface area contributed by atoms with Crippen LogP contribution in [0.15, 0.2) is 10.6 Å². The van der Waals surface area contributed by atoms with Gasteiger partial charge in [-0.2, -0.15) is 9.98 Å².